The number of carbonyl (C=O) groups is 2. The highest BCUT2D eigenvalue weighted by atomic mass is 16.5. The van der Waals surface area contributed by atoms with Crippen molar-refractivity contribution < 1.29 is 14.3 Å². The number of aromatic nitrogens is 2. The number of fused-ring (bicyclic) bond motifs is 3. The molecule has 0 unspecified atom stereocenters. The average molecular weight is 447 g/mol. The Balaban J connectivity index is 1.54. The highest BCUT2D eigenvalue weighted by molar-refractivity contribution is 6.01. The van der Waals surface area contributed by atoms with Gasteiger partial charge in [-0.15, -0.1) is 0 Å². The first kappa shape index (κ1) is 21.5. The van der Waals surface area contributed by atoms with Crippen LogP contribution in [0.1, 0.15) is 55.2 Å². The zero-order valence-corrected chi connectivity index (χ0v) is 19.2. The molecule has 2 heterocycles. The molecular formula is C26H30N4O3. The molecule has 2 aromatic carbocycles. The van der Waals surface area contributed by atoms with Gasteiger partial charge in [0.2, 0.25) is 5.91 Å². The molecule has 2 aliphatic rings. The normalized spacial score (nSPS) is 21.2. The fraction of sp³-hybridized carbons (Fsp3) is 0.423. The van der Waals surface area contributed by atoms with Crippen molar-refractivity contribution in [2.45, 2.75) is 63.7 Å². The Bertz CT molecular complexity index is 1200. The predicted octanol–water partition coefficient (Wildman–Crippen LogP) is 3.91. The summed E-state index contributed by atoms with van der Waals surface area (Å²) < 4.78 is 7.27. The van der Waals surface area contributed by atoms with Gasteiger partial charge in [-0.3, -0.25) is 9.59 Å². The zero-order chi connectivity index (χ0) is 23.0. The van der Waals surface area contributed by atoms with Crippen LogP contribution in [0.5, 0.6) is 5.75 Å². The topological polar surface area (TPSA) is 76.5 Å². The molecule has 1 aliphatic carbocycles. The van der Waals surface area contributed by atoms with E-state index in [2.05, 4.69) is 10.3 Å². The molecule has 1 N–H and O–H groups in total. The van der Waals surface area contributed by atoms with Gasteiger partial charge < -0.3 is 19.5 Å². The largest absolute Gasteiger partial charge is 0.497 e. The Morgan fingerprint density at radius 1 is 1.15 bits per heavy atom. The van der Waals surface area contributed by atoms with Gasteiger partial charge in [-0.1, -0.05) is 43.5 Å². The smallest absolute Gasteiger partial charge is 0.291 e. The Hall–Kier alpha value is -3.35. The van der Waals surface area contributed by atoms with Gasteiger partial charge in [0.1, 0.15) is 11.3 Å². The van der Waals surface area contributed by atoms with E-state index in [1.165, 1.54) is 6.42 Å². The maximum atomic E-state index is 13.8. The third kappa shape index (κ3) is 3.86. The second-order valence-electron chi connectivity index (χ2n) is 9.34. The number of nitrogens with one attached hydrogen (secondary N) is 1. The summed E-state index contributed by atoms with van der Waals surface area (Å²) in [4.78, 5) is 33.8. The molecule has 1 aromatic heterocycles. The monoisotopic (exact) mass is 446 g/mol. The second kappa shape index (κ2) is 8.54. The van der Waals surface area contributed by atoms with E-state index >= 15 is 0 Å². The minimum absolute atomic E-state index is 0.103. The molecule has 7 nitrogen and oxygen atoms in total. The number of carbonyl (C=O) groups excluding carboxylic acids is 2. The van der Waals surface area contributed by atoms with E-state index in [1.54, 1.807) is 12.0 Å². The van der Waals surface area contributed by atoms with Gasteiger partial charge in [-0.05, 0) is 49.6 Å². The molecule has 1 saturated carbocycles. The predicted molar refractivity (Wildman–Crippen MR) is 126 cm³/mol. The average Bonchev–Trinajstić information content (AvgIpc) is 3.21. The first-order valence-corrected chi connectivity index (χ1v) is 11.7. The number of benzene rings is 2. The number of nitrogens with zero attached hydrogens (tertiary/aromatic N) is 3. The first-order chi connectivity index (χ1) is 16.0. The highest BCUT2D eigenvalue weighted by Crippen LogP contribution is 2.33. The number of hydrogen-bond donors (Lipinski definition) is 1. The lowest BCUT2D eigenvalue weighted by atomic mass is 9.91. The van der Waals surface area contributed by atoms with E-state index in [1.807, 2.05) is 60.0 Å². The lowest BCUT2D eigenvalue weighted by Gasteiger charge is -2.44. The van der Waals surface area contributed by atoms with Crippen LogP contribution in [0.4, 0.5) is 0 Å². The number of hydrogen-bond acceptors (Lipinski definition) is 4. The van der Waals surface area contributed by atoms with Crippen molar-refractivity contribution in [2.24, 2.45) is 0 Å². The molecule has 0 radical (unpaired) electrons. The summed E-state index contributed by atoms with van der Waals surface area (Å²) in [6, 6.07) is 15.5. The molecule has 1 atom stereocenters. The van der Waals surface area contributed by atoms with Crippen LogP contribution in [0, 0.1) is 0 Å². The zero-order valence-electron chi connectivity index (χ0n) is 19.2. The summed E-state index contributed by atoms with van der Waals surface area (Å²) in [5.74, 6) is 0.759. The number of methoxy groups -OCH3 is 1. The van der Waals surface area contributed by atoms with Crippen LogP contribution in [0.3, 0.4) is 0 Å². The van der Waals surface area contributed by atoms with Crippen LogP contribution in [0.15, 0.2) is 48.5 Å². The van der Waals surface area contributed by atoms with Crippen molar-refractivity contribution in [3.8, 4) is 5.75 Å². The molecule has 2 amide bonds. The van der Waals surface area contributed by atoms with Gasteiger partial charge in [-0.25, -0.2) is 4.98 Å². The molecule has 0 spiro atoms. The SMILES string of the molecule is COc1cccc(CN2C(=O)c3nc4ccccc4n3C[C@@]2(C)C(=O)NC2CCCCC2)c1. The van der Waals surface area contributed by atoms with Gasteiger partial charge in [0.05, 0.1) is 24.7 Å². The molecule has 5 rings (SSSR count). The molecule has 1 aliphatic heterocycles. The van der Waals surface area contributed by atoms with E-state index in [9.17, 15) is 9.59 Å². The molecule has 0 saturated heterocycles. The van der Waals surface area contributed by atoms with E-state index in [0.29, 0.717) is 18.9 Å². The Morgan fingerprint density at radius 3 is 2.73 bits per heavy atom. The summed E-state index contributed by atoms with van der Waals surface area (Å²) in [7, 11) is 1.62. The lowest BCUT2D eigenvalue weighted by Crippen LogP contribution is -2.64. The standard InChI is InChI=1S/C26H30N4O3/c1-26(25(32)27-19-10-4-3-5-11-19)17-29-22-14-7-6-13-21(22)28-23(29)24(31)30(26)16-18-9-8-12-20(15-18)33-2/h6-9,12-15,19H,3-5,10-11,16-17H2,1-2H3,(H,27,32)/t26-/m0/s1. The molecule has 0 bridgehead atoms. The molecular weight excluding hydrogens is 416 g/mol. The van der Waals surface area contributed by atoms with Crippen LogP contribution >= 0.6 is 0 Å². The maximum Gasteiger partial charge on any atom is 0.291 e. The van der Waals surface area contributed by atoms with Gasteiger partial charge in [0, 0.05) is 12.6 Å². The van der Waals surface area contributed by atoms with Crippen molar-refractivity contribution in [3.05, 3.63) is 59.9 Å². The van der Waals surface area contributed by atoms with Crippen molar-refractivity contribution in [3.63, 3.8) is 0 Å². The lowest BCUT2D eigenvalue weighted by molar-refractivity contribution is -0.134. The molecule has 7 heteroatoms. The van der Waals surface area contributed by atoms with Crippen molar-refractivity contribution in [1.29, 1.82) is 0 Å². The fourth-order valence-corrected chi connectivity index (χ4v) is 5.12. The number of ether oxygens (including phenoxy) is 1. The van der Waals surface area contributed by atoms with E-state index in [0.717, 1.165) is 48.0 Å². The second-order valence-corrected chi connectivity index (χ2v) is 9.34. The van der Waals surface area contributed by atoms with Gasteiger partial charge in [0.25, 0.3) is 5.91 Å². The van der Waals surface area contributed by atoms with Gasteiger partial charge in [0.15, 0.2) is 5.82 Å². The Labute approximate surface area is 193 Å². The van der Waals surface area contributed by atoms with Crippen LogP contribution in [0.2, 0.25) is 0 Å². The van der Waals surface area contributed by atoms with Gasteiger partial charge in [-0.2, -0.15) is 0 Å². The van der Waals surface area contributed by atoms with Crippen molar-refractivity contribution in [2.75, 3.05) is 7.11 Å². The Kier molecular flexibility index (Phi) is 5.56. The summed E-state index contributed by atoms with van der Waals surface area (Å²) in [5, 5.41) is 3.27. The van der Waals surface area contributed by atoms with Crippen LogP contribution in [-0.4, -0.2) is 45.0 Å². The van der Waals surface area contributed by atoms with Crippen LogP contribution in [0.25, 0.3) is 11.0 Å². The number of imidazole rings is 1. The third-order valence-corrected chi connectivity index (χ3v) is 7.06. The van der Waals surface area contributed by atoms with E-state index < -0.39 is 5.54 Å². The molecule has 1 fully saturated rings. The maximum absolute atomic E-state index is 13.8. The van der Waals surface area contributed by atoms with E-state index in [-0.39, 0.29) is 17.9 Å². The van der Waals surface area contributed by atoms with E-state index in [4.69, 9.17) is 4.74 Å². The van der Waals surface area contributed by atoms with Crippen LogP contribution in [-0.2, 0) is 17.9 Å². The third-order valence-electron chi connectivity index (χ3n) is 7.06. The summed E-state index contributed by atoms with van der Waals surface area (Å²) in [5.41, 5.74) is 1.50. The van der Waals surface area contributed by atoms with Crippen LogP contribution < -0.4 is 10.1 Å². The number of rotatable bonds is 5. The number of amides is 2. The quantitative estimate of drug-likeness (QED) is 0.645. The minimum Gasteiger partial charge on any atom is -0.497 e. The highest BCUT2D eigenvalue weighted by Gasteiger charge is 2.48. The first-order valence-electron chi connectivity index (χ1n) is 11.7. The summed E-state index contributed by atoms with van der Waals surface area (Å²) >= 11 is 0. The minimum atomic E-state index is -1.05. The molecule has 3 aromatic rings. The molecule has 33 heavy (non-hydrogen) atoms. The Morgan fingerprint density at radius 2 is 1.94 bits per heavy atom. The molecule has 172 valence electrons. The van der Waals surface area contributed by atoms with Crippen molar-refractivity contribution >= 4 is 22.8 Å². The fourth-order valence-electron chi connectivity index (χ4n) is 5.12. The van der Waals surface area contributed by atoms with Gasteiger partial charge >= 0.3 is 0 Å². The van der Waals surface area contributed by atoms with Crippen molar-refractivity contribution in [1.82, 2.24) is 19.8 Å². The summed E-state index contributed by atoms with van der Waals surface area (Å²) in [6.45, 7) is 2.53. The summed E-state index contributed by atoms with van der Waals surface area (Å²) in [6.07, 6.45) is 5.46. The number of para-hydroxylation sites is 2.